The Hall–Kier alpha value is -2.11. The second-order valence-electron chi connectivity index (χ2n) is 5.14. The number of benzene rings is 2. The van der Waals surface area contributed by atoms with Crippen molar-refractivity contribution in [1.82, 2.24) is 4.98 Å². The van der Waals surface area contributed by atoms with E-state index in [2.05, 4.69) is 20.9 Å². The molecule has 0 unspecified atom stereocenters. The summed E-state index contributed by atoms with van der Waals surface area (Å²) in [5.74, 6) is -0.595. The molecular weight excluding hydrogens is 394 g/mol. The largest absolute Gasteiger partial charge is 0.464 e. The maximum Gasteiger partial charge on any atom is 0.354 e. The van der Waals surface area contributed by atoms with E-state index in [1.165, 1.54) is 7.11 Å². The molecule has 3 rings (SSSR count). The van der Waals surface area contributed by atoms with Crippen LogP contribution in [0, 0.1) is 0 Å². The quantitative estimate of drug-likeness (QED) is 0.513. The Kier molecular flexibility index (Phi) is 4.73. The zero-order valence-electron chi connectivity index (χ0n) is 12.7. The molecule has 0 saturated heterocycles. The predicted octanol–water partition coefficient (Wildman–Crippen LogP) is 4.53. The summed E-state index contributed by atoms with van der Waals surface area (Å²) in [4.78, 5) is 27.9. The number of esters is 1. The molecule has 4 nitrogen and oxygen atoms in total. The zero-order valence-corrected chi connectivity index (χ0v) is 15.1. The Bertz CT molecular complexity index is 983. The number of rotatable bonds is 3. The van der Waals surface area contributed by atoms with Gasteiger partial charge < -0.3 is 9.72 Å². The van der Waals surface area contributed by atoms with E-state index in [4.69, 9.17) is 16.3 Å². The summed E-state index contributed by atoms with van der Waals surface area (Å²) in [7, 11) is 1.28. The smallest absolute Gasteiger partial charge is 0.354 e. The third kappa shape index (κ3) is 2.74. The van der Waals surface area contributed by atoms with Gasteiger partial charge in [0.05, 0.1) is 17.6 Å². The molecule has 2 aromatic carbocycles. The molecule has 1 N–H and O–H groups in total. The minimum Gasteiger partial charge on any atom is -0.464 e. The van der Waals surface area contributed by atoms with Crippen LogP contribution in [0.5, 0.6) is 0 Å². The Morgan fingerprint density at radius 3 is 2.54 bits per heavy atom. The SMILES string of the molecule is COC(=O)c1[nH]c2c(-c3ccccc3)c(Cl)ccc2c(=O)c1CBr. The number of H-pyrrole nitrogens is 1. The standard InChI is InChI=1S/C18H13BrClNO3/c1-24-18(23)16-12(9-19)17(22)11-7-8-13(20)14(15(11)21-16)10-5-3-2-4-6-10/h2-8H,9H2,1H3,(H,21,22). The van der Waals surface area contributed by atoms with Crippen LogP contribution < -0.4 is 5.43 Å². The maximum atomic E-state index is 12.8. The van der Waals surface area contributed by atoms with Gasteiger partial charge in [-0.2, -0.15) is 0 Å². The molecular formula is C18H13BrClNO3. The van der Waals surface area contributed by atoms with Gasteiger partial charge in [-0.05, 0) is 17.7 Å². The van der Waals surface area contributed by atoms with Gasteiger partial charge in [0.2, 0.25) is 0 Å². The van der Waals surface area contributed by atoms with Gasteiger partial charge in [-0.25, -0.2) is 4.79 Å². The molecule has 0 fully saturated rings. The predicted molar refractivity (Wildman–Crippen MR) is 99.0 cm³/mol. The highest BCUT2D eigenvalue weighted by molar-refractivity contribution is 9.08. The van der Waals surface area contributed by atoms with Gasteiger partial charge in [0.1, 0.15) is 5.69 Å². The Morgan fingerprint density at radius 1 is 1.21 bits per heavy atom. The number of ether oxygens (including phenoxy) is 1. The molecule has 0 saturated carbocycles. The molecule has 122 valence electrons. The summed E-state index contributed by atoms with van der Waals surface area (Å²) >= 11 is 9.65. The first-order valence-corrected chi connectivity index (χ1v) is 8.65. The van der Waals surface area contributed by atoms with E-state index in [0.717, 1.165) is 5.56 Å². The molecule has 0 aliphatic rings. The molecule has 0 amide bonds. The summed E-state index contributed by atoms with van der Waals surface area (Å²) in [5.41, 5.74) is 2.28. The van der Waals surface area contributed by atoms with Gasteiger partial charge in [0, 0.05) is 21.8 Å². The summed E-state index contributed by atoms with van der Waals surface area (Å²) in [6.07, 6.45) is 0. The van der Waals surface area contributed by atoms with Crippen molar-refractivity contribution in [3.63, 3.8) is 0 Å². The molecule has 6 heteroatoms. The molecule has 1 aromatic heterocycles. The Labute approximate surface area is 151 Å². The highest BCUT2D eigenvalue weighted by Gasteiger charge is 2.20. The fraction of sp³-hybridized carbons (Fsp3) is 0.111. The van der Waals surface area contributed by atoms with Gasteiger partial charge in [-0.15, -0.1) is 0 Å². The first kappa shape index (κ1) is 16.7. The highest BCUT2D eigenvalue weighted by Crippen LogP contribution is 2.33. The number of aromatic nitrogens is 1. The zero-order chi connectivity index (χ0) is 17.3. The van der Waals surface area contributed by atoms with Crippen molar-refractivity contribution in [2.45, 2.75) is 5.33 Å². The molecule has 0 spiro atoms. The van der Waals surface area contributed by atoms with E-state index in [1.807, 2.05) is 30.3 Å². The van der Waals surface area contributed by atoms with Crippen molar-refractivity contribution in [3.05, 3.63) is 69.0 Å². The van der Waals surface area contributed by atoms with Gasteiger partial charge in [0.15, 0.2) is 5.43 Å². The van der Waals surface area contributed by atoms with Crippen molar-refractivity contribution in [2.75, 3.05) is 7.11 Å². The van der Waals surface area contributed by atoms with Crippen LogP contribution in [0.4, 0.5) is 0 Å². The third-order valence-corrected chi connectivity index (χ3v) is 4.69. The molecule has 1 heterocycles. The van der Waals surface area contributed by atoms with Gasteiger partial charge in [-0.1, -0.05) is 57.9 Å². The first-order valence-electron chi connectivity index (χ1n) is 7.15. The summed E-state index contributed by atoms with van der Waals surface area (Å²) in [6.45, 7) is 0. The minimum absolute atomic E-state index is 0.131. The number of nitrogens with one attached hydrogen (secondary N) is 1. The number of aromatic amines is 1. The topological polar surface area (TPSA) is 59.2 Å². The molecule has 0 atom stereocenters. The number of pyridine rings is 1. The van der Waals surface area contributed by atoms with E-state index >= 15 is 0 Å². The number of halogens is 2. The van der Waals surface area contributed by atoms with Gasteiger partial charge in [-0.3, -0.25) is 4.79 Å². The lowest BCUT2D eigenvalue weighted by Crippen LogP contribution is -2.18. The highest BCUT2D eigenvalue weighted by atomic mass is 79.9. The first-order chi connectivity index (χ1) is 11.6. The summed E-state index contributed by atoms with van der Waals surface area (Å²) < 4.78 is 4.80. The van der Waals surface area contributed by atoms with E-state index in [-0.39, 0.29) is 16.5 Å². The van der Waals surface area contributed by atoms with E-state index < -0.39 is 5.97 Å². The number of carbonyl (C=O) groups is 1. The van der Waals surface area contributed by atoms with Crippen molar-refractivity contribution in [3.8, 4) is 11.1 Å². The molecule has 0 bridgehead atoms. The van der Waals surface area contributed by atoms with Gasteiger partial charge >= 0.3 is 5.97 Å². The number of alkyl halides is 1. The lowest BCUT2D eigenvalue weighted by Gasteiger charge is -2.13. The lowest BCUT2D eigenvalue weighted by molar-refractivity contribution is 0.0593. The lowest BCUT2D eigenvalue weighted by atomic mass is 10.00. The van der Waals surface area contributed by atoms with Crippen molar-refractivity contribution < 1.29 is 9.53 Å². The number of methoxy groups -OCH3 is 1. The van der Waals surface area contributed by atoms with Crippen LogP contribution in [-0.2, 0) is 10.1 Å². The Balaban J connectivity index is 2.46. The summed E-state index contributed by atoms with van der Waals surface area (Å²) in [6, 6.07) is 12.8. The maximum absolute atomic E-state index is 12.8. The second kappa shape index (κ2) is 6.79. The van der Waals surface area contributed by atoms with Crippen molar-refractivity contribution in [1.29, 1.82) is 0 Å². The van der Waals surface area contributed by atoms with Crippen LogP contribution in [0.1, 0.15) is 16.1 Å². The fourth-order valence-electron chi connectivity index (χ4n) is 2.66. The average Bonchev–Trinajstić information content (AvgIpc) is 2.61. The fourth-order valence-corrected chi connectivity index (χ4v) is 3.47. The average molecular weight is 407 g/mol. The normalized spacial score (nSPS) is 10.8. The van der Waals surface area contributed by atoms with Crippen molar-refractivity contribution >= 4 is 44.4 Å². The van der Waals surface area contributed by atoms with Crippen LogP contribution in [0.3, 0.4) is 0 Å². The second-order valence-corrected chi connectivity index (χ2v) is 6.11. The molecule has 24 heavy (non-hydrogen) atoms. The number of hydrogen-bond donors (Lipinski definition) is 1. The van der Waals surface area contributed by atoms with Crippen LogP contribution in [-0.4, -0.2) is 18.1 Å². The van der Waals surface area contributed by atoms with Crippen LogP contribution >= 0.6 is 27.5 Å². The number of hydrogen-bond acceptors (Lipinski definition) is 3. The minimum atomic E-state index is -0.595. The van der Waals surface area contributed by atoms with Gasteiger partial charge in [0.25, 0.3) is 0 Å². The number of carbonyl (C=O) groups excluding carboxylic acids is 1. The van der Waals surface area contributed by atoms with E-state index in [9.17, 15) is 9.59 Å². The molecule has 3 aromatic rings. The van der Waals surface area contributed by atoms with E-state index in [0.29, 0.717) is 27.1 Å². The van der Waals surface area contributed by atoms with E-state index in [1.54, 1.807) is 12.1 Å². The van der Waals surface area contributed by atoms with Crippen LogP contribution in [0.2, 0.25) is 5.02 Å². The molecule has 0 aliphatic heterocycles. The van der Waals surface area contributed by atoms with Crippen molar-refractivity contribution in [2.24, 2.45) is 0 Å². The number of fused-ring (bicyclic) bond motifs is 1. The Morgan fingerprint density at radius 2 is 1.92 bits per heavy atom. The van der Waals surface area contributed by atoms with Crippen LogP contribution in [0.15, 0.2) is 47.3 Å². The monoisotopic (exact) mass is 405 g/mol. The molecule has 0 aliphatic carbocycles. The summed E-state index contributed by atoms with van der Waals surface area (Å²) in [5, 5.41) is 1.21. The molecule has 0 radical (unpaired) electrons. The third-order valence-electron chi connectivity index (χ3n) is 3.81. The van der Waals surface area contributed by atoms with Crippen LogP contribution in [0.25, 0.3) is 22.0 Å².